The molecule has 10 heteroatoms. The molecule has 0 unspecified atom stereocenters. The highest BCUT2D eigenvalue weighted by molar-refractivity contribution is 5.98. The SMILES string of the molecule is C[C@H](N)C(=O)N[C@@H](C)C(=O)N[C@@H](Cc1ccccc1)C(=O)Nc1ccc([N+](=O)[O-])cc1. The number of carbonyl (C=O) groups excluding carboxylic acids is 3. The molecular weight excluding hydrogens is 402 g/mol. The van der Waals surface area contributed by atoms with Crippen molar-refractivity contribution in [2.45, 2.75) is 38.4 Å². The summed E-state index contributed by atoms with van der Waals surface area (Å²) in [7, 11) is 0. The lowest BCUT2D eigenvalue weighted by Gasteiger charge is -2.22. The van der Waals surface area contributed by atoms with Gasteiger partial charge in [-0.1, -0.05) is 30.3 Å². The summed E-state index contributed by atoms with van der Waals surface area (Å²) < 4.78 is 0. The summed E-state index contributed by atoms with van der Waals surface area (Å²) in [6.07, 6.45) is 0.208. The number of nitrogens with two attached hydrogens (primary N) is 1. The van der Waals surface area contributed by atoms with Gasteiger partial charge in [-0.3, -0.25) is 24.5 Å². The zero-order chi connectivity index (χ0) is 23.0. The minimum atomic E-state index is -0.945. The van der Waals surface area contributed by atoms with Crippen molar-refractivity contribution in [1.29, 1.82) is 0 Å². The number of rotatable bonds is 9. The van der Waals surface area contributed by atoms with Crippen LogP contribution >= 0.6 is 0 Å². The molecular formula is C21H25N5O5. The number of carbonyl (C=O) groups is 3. The van der Waals surface area contributed by atoms with Crippen LogP contribution in [0.25, 0.3) is 0 Å². The van der Waals surface area contributed by atoms with Crippen LogP contribution in [0.1, 0.15) is 19.4 Å². The summed E-state index contributed by atoms with van der Waals surface area (Å²) in [5.74, 6) is -1.54. The Morgan fingerprint density at radius 3 is 2.10 bits per heavy atom. The smallest absolute Gasteiger partial charge is 0.269 e. The Labute approximate surface area is 179 Å². The molecule has 0 aliphatic heterocycles. The first kappa shape index (κ1) is 23.5. The van der Waals surface area contributed by atoms with Crippen molar-refractivity contribution < 1.29 is 19.3 Å². The minimum Gasteiger partial charge on any atom is -0.343 e. The Bertz CT molecular complexity index is 931. The molecule has 0 fully saturated rings. The van der Waals surface area contributed by atoms with Crippen LogP contribution in [0.3, 0.4) is 0 Å². The molecule has 0 aliphatic rings. The van der Waals surface area contributed by atoms with Crippen LogP contribution in [-0.4, -0.2) is 40.8 Å². The van der Waals surface area contributed by atoms with Crippen LogP contribution in [0.2, 0.25) is 0 Å². The van der Waals surface area contributed by atoms with Crippen molar-refractivity contribution in [3.63, 3.8) is 0 Å². The van der Waals surface area contributed by atoms with Crippen LogP contribution in [0, 0.1) is 10.1 Å². The number of nitrogens with one attached hydrogen (secondary N) is 3. The molecule has 3 amide bonds. The van der Waals surface area contributed by atoms with Gasteiger partial charge < -0.3 is 21.7 Å². The van der Waals surface area contributed by atoms with E-state index in [0.29, 0.717) is 5.69 Å². The number of hydrogen-bond acceptors (Lipinski definition) is 6. The summed E-state index contributed by atoms with van der Waals surface area (Å²) in [4.78, 5) is 47.4. The van der Waals surface area contributed by atoms with Gasteiger partial charge >= 0.3 is 0 Å². The maximum absolute atomic E-state index is 12.9. The molecule has 2 rings (SSSR count). The summed E-state index contributed by atoms with van der Waals surface area (Å²) in [6.45, 7) is 2.99. The molecule has 0 spiro atoms. The van der Waals surface area contributed by atoms with E-state index in [1.165, 1.54) is 38.1 Å². The van der Waals surface area contributed by atoms with E-state index in [0.717, 1.165) is 5.56 Å². The second kappa shape index (κ2) is 10.8. The maximum atomic E-state index is 12.9. The van der Waals surface area contributed by atoms with Crippen molar-refractivity contribution in [1.82, 2.24) is 10.6 Å². The van der Waals surface area contributed by atoms with Gasteiger partial charge in [0.2, 0.25) is 17.7 Å². The lowest BCUT2D eigenvalue weighted by molar-refractivity contribution is -0.384. The van der Waals surface area contributed by atoms with E-state index in [-0.39, 0.29) is 12.1 Å². The van der Waals surface area contributed by atoms with Crippen molar-refractivity contribution in [2.24, 2.45) is 5.73 Å². The van der Waals surface area contributed by atoms with Gasteiger partial charge in [0.15, 0.2) is 0 Å². The predicted octanol–water partition coefficient (Wildman–Crippen LogP) is 1.11. The first-order valence-corrected chi connectivity index (χ1v) is 9.63. The molecule has 0 aromatic heterocycles. The fourth-order valence-corrected chi connectivity index (χ4v) is 2.66. The molecule has 10 nitrogen and oxygen atoms in total. The molecule has 2 aromatic carbocycles. The average molecular weight is 427 g/mol. The molecule has 2 aromatic rings. The standard InChI is InChI=1S/C21H25N5O5/c1-13(22)19(27)23-14(2)20(28)25-18(12-15-6-4-3-5-7-15)21(29)24-16-8-10-17(11-9-16)26(30)31/h3-11,13-14,18H,12,22H2,1-2H3,(H,23,27)(H,24,29)(H,25,28)/t13-,14-,18-/m0/s1. The topological polar surface area (TPSA) is 156 Å². The highest BCUT2D eigenvalue weighted by Crippen LogP contribution is 2.16. The fourth-order valence-electron chi connectivity index (χ4n) is 2.66. The van der Waals surface area contributed by atoms with E-state index in [9.17, 15) is 24.5 Å². The first-order chi connectivity index (χ1) is 14.7. The lowest BCUT2D eigenvalue weighted by Crippen LogP contribution is -2.54. The van der Waals surface area contributed by atoms with Gasteiger partial charge in [-0.2, -0.15) is 0 Å². The highest BCUT2D eigenvalue weighted by atomic mass is 16.6. The van der Waals surface area contributed by atoms with Crippen LogP contribution in [0.5, 0.6) is 0 Å². The van der Waals surface area contributed by atoms with Gasteiger partial charge in [-0.25, -0.2) is 0 Å². The van der Waals surface area contributed by atoms with Gasteiger partial charge in [0.1, 0.15) is 12.1 Å². The van der Waals surface area contributed by atoms with E-state index in [1.54, 1.807) is 0 Å². The van der Waals surface area contributed by atoms with E-state index in [4.69, 9.17) is 5.73 Å². The maximum Gasteiger partial charge on any atom is 0.269 e. The summed E-state index contributed by atoms with van der Waals surface area (Å²) >= 11 is 0. The van der Waals surface area contributed by atoms with Gasteiger partial charge in [-0.05, 0) is 31.5 Å². The van der Waals surface area contributed by atoms with Crippen molar-refractivity contribution in [3.05, 3.63) is 70.3 Å². The largest absolute Gasteiger partial charge is 0.343 e. The molecule has 5 N–H and O–H groups in total. The molecule has 164 valence electrons. The minimum absolute atomic E-state index is 0.106. The van der Waals surface area contributed by atoms with Crippen molar-refractivity contribution in [2.75, 3.05) is 5.32 Å². The summed E-state index contributed by atoms with van der Waals surface area (Å²) in [5, 5.41) is 18.6. The zero-order valence-electron chi connectivity index (χ0n) is 17.2. The monoisotopic (exact) mass is 427 g/mol. The highest BCUT2D eigenvalue weighted by Gasteiger charge is 2.25. The normalized spacial score (nSPS) is 13.4. The van der Waals surface area contributed by atoms with Crippen LogP contribution in [0.15, 0.2) is 54.6 Å². The van der Waals surface area contributed by atoms with Gasteiger partial charge in [0.25, 0.3) is 5.69 Å². The quantitative estimate of drug-likeness (QED) is 0.347. The van der Waals surface area contributed by atoms with Gasteiger partial charge in [0, 0.05) is 24.2 Å². The number of nitro benzene ring substituents is 1. The molecule has 3 atom stereocenters. The second-order valence-corrected chi connectivity index (χ2v) is 7.06. The van der Waals surface area contributed by atoms with E-state index >= 15 is 0 Å². The summed E-state index contributed by atoms with van der Waals surface area (Å²) in [6, 6.07) is 11.8. The molecule has 0 bridgehead atoms. The van der Waals surface area contributed by atoms with E-state index in [2.05, 4.69) is 16.0 Å². The number of anilines is 1. The van der Waals surface area contributed by atoms with Crippen LogP contribution in [0.4, 0.5) is 11.4 Å². The van der Waals surface area contributed by atoms with E-state index in [1.807, 2.05) is 30.3 Å². The Morgan fingerprint density at radius 1 is 0.935 bits per heavy atom. The first-order valence-electron chi connectivity index (χ1n) is 9.63. The molecule has 31 heavy (non-hydrogen) atoms. The number of amides is 3. The number of nitrogens with zero attached hydrogens (tertiary/aromatic N) is 1. The zero-order valence-corrected chi connectivity index (χ0v) is 17.2. The molecule has 0 saturated heterocycles. The van der Waals surface area contributed by atoms with Crippen molar-refractivity contribution >= 4 is 29.1 Å². The van der Waals surface area contributed by atoms with E-state index < -0.39 is 40.8 Å². The number of hydrogen-bond donors (Lipinski definition) is 4. The molecule has 0 radical (unpaired) electrons. The Kier molecular flexibility index (Phi) is 8.21. The Balaban J connectivity index is 2.13. The van der Waals surface area contributed by atoms with Gasteiger partial charge in [-0.15, -0.1) is 0 Å². The lowest BCUT2D eigenvalue weighted by atomic mass is 10.0. The summed E-state index contributed by atoms with van der Waals surface area (Å²) in [5.41, 5.74) is 6.56. The third kappa shape index (κ3) is 7.19. The van der Waals surface area contributed by atoms with Crippen LogP contribution < -0.4 is 21.7 Å². The fraction of sp³-hybridized carbons (Fsp3) is 0.286. The third-order valence-electron chi connectivity index (χ3n) is 4.43. The number of benzene rings is 2. The molecule has 0 saturated carbocycles. The number of non-ortho nitro benzene ring substituents is 1. The molecule has 0 aliphatic carbocycles. The number of nitro groups is 1. The Morgan fingerprint density at radius 2 is 1.55 bits per heavy atom. The van der Waals surface area contributed by atoms with Crippen molar-refractivity contribution in [3.8, 4) is 0 Å². The van der Waals surface area contributed by atoms with Crippen LogP contribution in [-0.2, 0) is 20.8 Å². The average Bonchev–Trinajstić information content (AvgIpc) is 2.74. The second-order valence-electron chi connectivity index (χ2n) is 7.06. The van der Waals surface area contributed by atoms with Gasteiger partial charge in [0.05, 0.1) is 11.0 Å². The Hall–Kier alpha value is -3.79. The predicted molar refractivity (Wildman–Crippen MR) is 115 cm³/mol. The third-order valence-corrected chi connectivity index (χ3v) is 4.43. The molecule has 0 heterocycles.